The van der Waals surface area contributed by atoms with Gasteiger partial charge in [0.05, 0.1) is 0 Å². The van der Waals surface area contributed by atoms with E-state index >= 15 is 0 Å². The molecule has 1 fully saturated rings. The van der Waals surface area contributed by atoms with E-state index in [2.05, 4.69) is 20.8 Å². The summed E-state index contributed by atoms with van der Waals surface area (Å²) in [5.41, 5.74) is 4.91. The number of aryl methyl sites for hydroxylation is 1. The van der Waals surface area contributed by atoms with Gasteiger partial charge in [0.25, 0.3) is 5.91 Å². The van der Waals surface area contributed by atoms with Crippen molar-refractivity contribution in [2.24, 2.45) is 12.8 Å². The molecule has 1 aromatic heterocycles. The molecule has 134 valence electrons. The standard InChI is InChI=1S/C11H13N7O5S2/c1-17-9(14-15-16-17)25-3-5-2-24-8-11(12,13-4-19)7(20)18(8)6(5)23-10(21)22/h4,8H,2-3,12H2,1H3,(H,13,19)(H,21,22)/t8-,11-/m0/s1. The summed E-state index contributed by atoms with van der Waals surface area (Å²) in [6, 6.07) is 0. The highest BCUT2D eigenvalue weighted by atomic mass is 32.2. The number of carbonyl (C=O) groups excluding carboxylic acids is 2. The second-order valence-electron chi connectivity index (χ2n) is 5.12. The maximum atomic E-state index is 12.3. The van der Waals surface area contributed by atoms with Gasteiger partial charge in [-0.2, -0.15) is 0 Å². The number of aromatic nitrogens is 4. The number of nitrogens with zero attached hydrogens (tertiary/aromatic N) is 5. The lowest BCUT2D eigenvalue weighted by Crippen LogP contribution is -2.83. The highest BCUT2D eigenvalue weighted by Crippen LogP contribution is 2.44. The van der Waals surface area contributed by atoms with Gasteiger partial charge in [0.1, 0.15) is 5.37 Å². The maximum Gasteiger partial charge on any atom is 0.512 e. The predicted octanol–water partition coefficient (Wildman–Crippen LogP) is -1.48. The van der Waals surface area contributed by atoms with Crippen LogP contribution in [0.25, 0.3) is 0 Å². The Hall–Kier alpha value is -2.32. The summed E-state index contributed by atoms with van der Waals surface area (Å²) in [5, 5.41) is 22.2. The van der Waals surface area contributed by atoms with Crippen LogP contribution in [0.3, 0.4) is 0 Å². The fourth-order valence-corrected chi connectivity index (χ4v) is 4.73. The lowest BCUT2D eigenvalue weighted by atomic mass is 9.99. The third-order valence-corrected chi connectivity index (χ3v) is 6.08. The van der Waals surface area contributed by atoms with Crippen LogP contribution in [0.1, 0.15) is 0 Å². The molecule has 3 heterocycles. The number of tetrazole rings is 1. The molecule has 0 bridgehead atoms. The number of nitrogens with one attached hydrogen (secondary N) is 1. The highest BCUT2D eigenvalue weighted by molar-refractivity contribution is 8.01. The predicted molar refractivity (Wildman–Crippen MR) is 84.9 cm³/mol. The van der Waals surface area contributed by atoms with E-state index in [1.165, 1.54) is 28.2 Å². The average Bonchev–Trinajstić information content (AvgIpc) is 2.97. The molecule has 25 heavy (non-hydrogen) atoms. The van der Waals surface area contributed by atoms with Gasteiger partial charge in [0, 0.05) is 24.1 Å². The van der Waals surface area contributed by atoms with Gasteiger partial charge < -0.3 is 15.2 Å². The van der Waals surface area contributed by atoms with E-state index in [0.29, 0.717) is 28.6 Å². The molecule has 1 aromatic rings. The Morgan fingerprint density at radius 1 is 1.68 bits per heavy atom. The van der Waals surface area contributed by atoms with Crippen LogP contribution in [0.2, 0.25) is 0 Å². The van der Waals surface area contributed by atoms with E-state index in [9.17, 15) is 14.4 Å². The van der Waals surface area contributed by atoms with Crippen LogP contribution in [0.15, 0.2) is 16.6 Å². The molecule has 0 aliphatic carbocycles. The highest BCUT2D eigenvalue weighted by Gasteiger charge is 2.63. The van der Waals surface area contributed by atoms with Crippen LogP contribution in [0, 0.1) is 0 Å². The first-order chi connectivity index (χ1) is 11.9. The molecule has 2 aliphatic rings. The molecule has 0 spiro atoms. The minimum atomic E-state index is -1.58. The van der Waals surface area contributed by atoms with E-state index in [4.69, 9.17) is 15.6 Å². The number of thioether (sulfide) groups is 2. The Labute approximate surface area is 149 Å². The van der Waals surface area contributed by atoms with Crippen molar-refractivity contribution < 1.29 is 24.2 Å². The topological polar surface area (TPSA) is 166 Å². The fourth-order valence-electron chi connectivity index (χ4n) is 2.40. The van der Waals surface area contributed by atoms with Crippen molar-refractivity contribution in [1.82, 2.24) is 30.4 Å². The molecule has 4 N–H and O–H groups in total. The quantitative estimate of drug-likeness (QED) is 0.171. The minimum absolute atomic E-state index is 0.0855. The van der Waals surface area contributed by atoms with E-state index in [1.54, 1.807) is 7.05 Å². The third-order valence-electron chi connectivity index (χ3n) is 3.57. The molecule has 0 aromatic carbocycles. The summed E-state index contributed by atoms with van der Waals surface area (Å²) in [6.45, 7) is 0. The Morgan fingerprint density at radius 3 is 3.04 bits per heavy atom. The van der Waals surface area contributed by atoms with Gasteiger partial charge >= 0.3 is 6.16 Å². The number of amides is 2. The second-order valence-corrected chi connectivity index (χ2v) is 7.13. The van der Waals surface area contributed by atoms with E-state index in [1.807, 2.05) is 0 Å². The van der Waals surface area contributed by atoms with Crippen LogP contribution < -0.4 is 11.1 Å². The molecule has 0 unspecified atom stereocenters. The number of hydrogen-bond acceptors (Lipinski definition) is 10. The van der Waals surface area contributed by atoms with Gasteiger partial charge in [-0.25, -0.2) is 9.48 Å². The second kappa shape index (κ2) is 6.53. The van der Waals surface area contributed by atoms with Crippen molar-refractivity contribution in [3.8, 4) is 0 Å². The molecule has 0 saturated carbocycles. The monoisotopic (exact) mass is 387 g/mol. The molecule has 12 nitrogen and oxygen atoms in total. The van der Waals surface area contributed by atoms with E-state index in [-0.39, 0.29) is 5.88 Å². The fraction of sp³-hybridized carbons (Fsp3) is 0.455. The van der Waals surface area contributed by atoms with Crippen LogP contribution in [-0.2, 0) is 21.4 Å². The summed E-state index contributed by atoms with van der Waals surface area (Å²) in [4.78, 5) is 35.2. The number of hydrogen-bond donors (Lipinski definition) is 3. The smallest absolute Gasteiger partial charge is 0.449 e. The number of carbonyl (C=O) groups is 3. The SMILES string of the molecule is Cn1nnnc1SCC1=C(OC(=O)O)N2C(=O)[C@](N)(NC=O)[C@@H]2SC1. The van der Waals surface area contributed by atoms with Gasteiger partial charge in [0.2, 0.25) is 23.1 Å². The number of fused-ring (bicyclic) bond motifs is 1. The Balaban J connectivity index is 1.84. The van der Waals surface area contributed by atoms with Gasteiger partial charge in [-0.15, -0.1) is 16.9 Å². The first kappa shape index (κ1) is 17.5. The zero-order valence-corrected chi connectivity index (χ0v) is 14.4. The van der Waals surface area contributed by atoms with Crippen LogP contribution >= 0.6 is 23.5 Å². The van der Waals surface area contributed by atoms with E-state index < -0.39 is 23.1 Å². The molecule has 2 aliphatic heterocycles. The van der Waals surface area contributed by atoms with Crippen molar-refractivity contribution in [2.75, 3.05) is 11.5 Å². The minimum Gasteiger partial charge on any atom is -0.449 e. The zero-order chi connectivity index (χ0) is 18.2. The van der Waals surface area contributed by atoms with Crippen molar-refractivity contribution in [2.45, 2.75) is 16.2 Å². The zero-order valence-electron chi connectivity index (χ0n) is 12.8. The summed E-state index contributed by atoms with van der Waals surface area (Å²) in [6.07, 6.45) is -1.21. The Bertz CT molecular complexity index is 768. The van der Waals surface area contributed by atoms with Crippen molar-refractivity contribution in [3.05, 3.63) is 11.5 Å². The number of carboxylic acid groups (broad SMARTS) is 1. The normalized spacial score (nSPS) is 25.3. The van der Waals surface area contributed by atoms with Gasteiger partial charge in [-0.3, -0.25) is 20.2 Å². The number of nitrogens with two attached hydrogens (primary N) is 1. The summed E-state index contributed by atoms with van der Waals surface area (Å²) in [7, 11) is 1.67. The lowest BCUT2D eigenvalue weighted by Gasteiger charge is -2.54. The summed E-state index contributed by atoms with van der Waals surface area (Å²) in [5.74, 6) is -0.0399. The number of β-lactam (4-membered cyclic amide) rings is 1. The molecule has 1 saturated heterocycles. The first-order valence-corrected chi connectivity index (χ1v) is 8.85. The van der Waals surface area contributed by atoms with Crippen molar-refractivity contribution >= 4 is 42.0 Å². The maximum absolute atomic E-state index is 12.3. The van der Waals surface area contributed by atoms with Crippen molar-refractivity contribution in [1.29, 1.82) is 0 Å². The van der Waals surface area contributed by atoms with Crippen LogP contribution in [0.5, 0.6) is 0 Å². The summed E-state index contributed by atoms with van der Waals surface area (Å²) < 4.78 is 6.29. The molecule has 0 radical (unpaired) electrons. The number of rotatable bonds is 6. The molecule has 2 atom stereocenters. The van der Waals surface area contributed by atoms with Crippen LogP contribution in [-0.4, -0.2) is 71.2 Å². The molecule has 14 heteroatoms. The molecule has 2 amide bonds. The Morgan fingerprint density at radius 2 is 2.44 bits per heavy atom. The van der Waals surface area contributed by atoms with Crippen LogP contribution in [0.4, 0.5) is 4.79 Å². The molecular weight excluding hydrogens is 374 g/mol. The molecule has 3 rings (SSSR count). The van der Waals surface area contributed by atoms with E-state index in [0.717, 1.165) is 4.90 Å². The first-order valence-electron chi connectivity index (χ1n) is 6.82. The van der Waals surface area contributed by atoms with Gasteiger partial charge in [-0.1, -0.05) is 11.8 Å². The number of ether oxygens (including phenoxy) is 1. The largest absolute Gasteiger partial charge is 0.512 e. The lowest BCUT2D eigenvalue weighted by molar-refractivity contribution is -0.157. The molecular formula is C11H13N7O5S2. The average molecular weight is 387 g/mol. The van der Waals surface area contributed by atoms with Gasteiger partial charge in [-0.05, 0) is 10.4 Å². The Kier molecular flexibility index (Phi) is 4.57. The van der Waals surface area contributed by atoms with Crippen molar-refractivity contribution in [3.63, 3.8) is 0 Å². The third kappa shape index (κ3) is 2.91. The summed E-state index contributed by atoms with van der Waals surface area (Å²) >= 11 is 2.57. The van der Waals surface area contributed by atoms with Gasteiger partial charge in [0.15, 0.2) is 0 Å².